The first kappa shape index (κ1) is 20.5. The summed E-state index contributed by atoms with van der Waals surface area (Å²) < 4.78 is 42.3. The lowest BCUT2D eigenvalue weighted by molar-refractivity contribution is -0.150. The third kappa shape index (κ3) is 5.19. The number of benzene rings is 1. The second-order valence-corrected chi connectivity index (χ2v) is 9.49. The summed E-state index contributed by atoms with van der Waals surface area (Å²) in [6, 6.07) is 5.64. The number of rotatable bonds is 6. The normalized spacial score (nSPS) is 21.8. The fourth-order valence-corrected chi connectivity index (χ4v) is 5.62. The van der Waals surface area contributed by atoms with Crippen molar-refractivity contribution in [2.24, 2.45) is 0 Å². The number of esters is 1. The number of sulfone groups is 1. The molecule has 0 spiro atoms. The van der Waals surface area contributed by atoms with E-state index in [1.54, 1.807) is 17.0 Å². The summed E-state index contributed by atoms with van der Waals surface area (Å²) in [5.74, 6) is -1.53. The lowest BCUT2D eigenvalue weighted by Crippen LogP contribution is -2.48. The van der Waals surface area contributed by atoms with Gasteiger partial charge in [-0.05, 0) is 31.4 Å². The first-order valence-electron chi connectivity index (χ1n) is 9.47. The number of nitrogens with zero attached hydrogens (tertiary/aromatic N) is 1. The van der Waals surface area contributed by atoms with Crippen LogP contribution in [0.1, 0.15) is 37.7 Å². The van der Waals surface area contributed by atoms with Crippen LogP contribution in [-0.2, 0) is 24.2 Å². The van der Waals surface area contributed by atoms with Gasteiger partial charge in [0.25, 0.3) is 5.91 Å². The van der Waals surface area contributed by atoms with Gasteiger partial charge in [0.2, 0.25) is 0 Å². The van der Waals surface area contributed by atoms with Crippen LogP contribution in [0, 0.1) is 5.82 Å². The molecule has 0 aromatic heterocycles. The smallest absolute Gasteiger partial charge is 0.331 e. The predicted molar refractivity (Wildman–Crippen MR) is 103 cm³/mol. The summed E-state index contributed by atoms with van der Waals surface area (Å²) >= 11 is 0. The van der Waals surface area contributed by atoms with Crippen LogP contribution in [0.25, 0.3) is 6.08 Å². The maximum absolute atomic E-state index is 13.6. The highest BCUT2D eigenvalue weighted by molar-refractivity contribution is 7.91. The molecule has 1 aliphatic heterocycles. The van der Waals surface area contributed by atoms with E-state index in [9.17, 15) is 22.4 Å². The maximum atomic E-state index is 13.6. The average Bonchev–Trinajstić information content (AvgIpc) is 3.29. The van der Waals surface area contributed by atoms with Gasteiger partial charge in [-0.25, -0.2) is 17.6 Å². The molecule has 152 valence electrons. The summed E-state index contributed by atoms with van der Waals surface area (Å²) in [4.78, 5) is 26.3. The number of carbonyl (C=O) groups excluding carboxylic acids is 2. The number of hydrogen-bond acceptors (Lipinski definition) is 5. The van der Waals surface area contributed by atoms with Crippen LogP contribution in [0.4, 0.5) is 4.39 Å². The van der Waals surface area contributed by atoms with Crippen LogP contribution in [0.5, 0.6) is 0 Å². The van der Waals surface area contributed by atoms with Crippen molar-refractivity contribution in [3.63, 3.8) is 0 Å². The number of ether oxygens (including phenoxy) is 1. The molecule has 28 heavy (non-hydrogen) atoms. The van der Waals surface area contributed by atoms with Gasteiger partial charge in [-0.1, -0.05) is 31.0 Å². The van der Waals surface area contributed by atoms with Crippen molar-refractivity contribution < 1.29 is 27.1 Å². The van der Waals surface area contributed by atoms with Crippen molar-refractivity contribution in [1.29, 1.82) is 0 Å². The van der Waals surface area contributed by atoms with Gasteiger partial charge < -0.3 is 9.64 Å². The fraction of sp³-hybridized carbons (Fsp3) is 0.500. The minimum absolute atomic E-state index is 0.00143. The van der Waals surface area contributed by atoms with Crippen molar-refractivity contribution in [1.82, 2.24) is 4.90 Å². The Bertz CT molecular complexity index is 861. The van der Waals surface area contributed by atoms with Gasteiger partial charge in [0.1, 0.15) is 5.82 Å². The minimum Gasteiger partial charge on any atom is -0.452 e. The van der Waals surface area contributed by atoms with Crippen molar-refractivity contribution in [3.05, 3.63) is 41.7 Å². The molecule has 0 radical (unpaired) electrons. The molecule has 1 aliphatic carbocycles. The largest absolute Gasteiger partial charge is 0.452 e. The molecule has 3 rings (SSSR count). The van der Waals surface area contributed by atoms with Gasteiger partial charge in [-0.15, -0.1) is 0 Å². The first-order valence-corrected chi connectivity index (χ1v) is 11.3. The summed E-state index contributed by atoms with van der Waals surface area (Å²) in [7, 11) is -3.13. The molecule has 0 bridgehead atoms. The van der Waals surface area contributed by atoms with E-state index in [2.05, 4.69) is 0 Å². The topological polar surface area (TPSA) is 80.8 Å². The van der Waals surface area contributed by atoms with Crippen molar-refractivity contribution in [2.45, 2.75) is 44.2 Å². The maximum Gasteiger partial charge on any atom is 0.331 e. The molecule has 0 N–H and O–H groups in total. The Morgan fingerprint density at radius 2 is 1.86 bits per heavy atom. The van der Waals surface area contributed by atoms with Gasteiger partial charge in [0.15, 0.2) is 16.4 Å². The van der Waals surface area contributed by atoms with Gasteiger partial charge in [0, 0.05) is 23.7 Å². The molecule has 8 heteroatoms. The van der Waals surface area contributed by atoms with Crippen LogP contribution < -0.4 is 0 Å². The highest BCUT2D eigenvalue weighted by Gasteiger charge is 2.39. The van der Waals surface area contributed by atoms with Crippen LogP contribution >= 0.6 is 0 Å². The van der Waals surface area contributed by atoms with Crippen molar-refractivity contribution >= 4 is 27.8 Å². The third-order valence-electron chi connectivity index (χ3n) is 5.25. The summed E-state index contributed by atoms with van der Waals surface area (Å²) in [6.07, 6.45) is 6.46. The molecule has 2 aliphatic rings. The molecule has 1 heterocycles. The van der Waals surface area contributed by atoms with Crippen LogP contribution in [0.3, 0.4) is 0 Å². The van der Waals surface area contributed by atoms with E-state index in [1.807, 2.05) is 0 Å². The second-order valence-electron chi connectivity index (χ2n) is 7.26. The molecule has 1 amide bonds. The predicted octanol–water partition coefficient (Wildman–Crippen LogP) is 2.34. The van der Waals surface area contributed by atoms with E-state index >= 15 is 0 Å². The van der Waals surface area contributed by atoms with E-state index in [4.69, 9.17) is 4.74 Å². The third-order valence-corrected chi connectivity index (χ3v) is 7.00. The van der Waals surface area contributed by atoms with E-state index in [1.165, 1.54) is 18.2 Å². The first-order chi connectivity index (χ1) is 13.4. The monoisotopic (exact) mass is 409 g/mol. The molecule has 2 fully saturated rings. The van der Waals surface area contributed by atoms with Gasteiger partial charge in [-0.3, -0.25) is 4.79 Å². The highest BCUT2D eigenvalue weighted by Crippen LogP contribution is 2.29. The SMILES string of the molecule is O=C(/C=C/c1ccccc1F)OCC(=O)N(C1CCCC1)C1CCS(=O)(=O)C1. The van der Waals surface area contributed by atoms with Gasteiger partial charge in [0.05, 0.1) is 11.5 Å². The lowest BCUT2D eigenvalue weighted by Gasteiger charge is -2.33. The molecule has 1 atom stereocenters. The molecule has 6 nitrogen and oxygen atoms in total. The number of amides is 1. The van der Waals surface area contributed by atoms with E-state index in [0.29, 0.717) is 6.42 Å². The molecule has 1 saturated heterocycles. The Kier molecular flexibility index (Phi) is 6.49. The van der Waals surface area contributed by atoms with Crippen LogP contribution in [-0.4, -0.2) is 55.4 Å². The molecular formula is C20H24FNO5S. The molecule has 1 unspecified atom stereocenters. The van der Waals surface area contributed by atoms with Crippen molar-refractivity contribution in [2.75, 3.05) is 18.1 Å². The van der Waals surface area contributed by atoms with Crippen molar-refractivity contribution in [3.8, 4) is 0 Å². The quantitative estimate of drug-likeness (QED) is 0.532. The van der Waals surface area contributed by atoms with Crippen LogP contribution in [0.15, 0.2) is 30.3 Å². The van der Waals surface area contributed by atoms with E-state index < -0.39 is 28.2 Å². The zero-order valence-electron chi connectivity index (χ0n) is 15.6. The Hall–Kier alpha value is -2.22. The summed E-state index contributed by atoms with van der Waals surface area (Å²) in [6.45, 7) is -0.451. The summed E-state index contributed by atoms with van der Waals surface area (Å²) in [5, 5.41) is 0. The number of hydrogen-bond donors (Lipinski definition) is 0. The highest BCUT2D eigenvalue weighted by atomic mass is 32.2. The van der Waals surface area contributed by atoms with Gasteiger partial charge in [-0.2, -0.15) is 0 Å². The molecular weight excluding hydrogens is 385 g/mol. The number of halogens is 1. The standard InChI is InChI=1S/C20H24FNO5S/c21-18-8-4-1-5-15(18)9-10-20(24)27-13-19(23)22(16-6-2-3-7-16)17-11-12-28(25,26)14-17/h1,4-5,8-10,16-17H,2-3,6-7,11-14H2/b10-9+. The number of carbonyl (C=O) groups is 2. The zero-order valence-corrected chi connectivity index (χ0v) is 16.4. The van der Waals surface area contributed by atoms with Crippen LogP contribution in [0.2, 0.25) is 0 Å². The minimum atomic E-state index is -3.13. The average molecular weight is 409 g/mol. The Balaban J connectivity index is 1.60. The lowest BCUT2D eigenvalue weighted by atomic mass is 10.1. The van der Waals surface area contributed by atoms with E-state index in [0.717, 1.165) is 31.8 Å². The zero-order chi connectivity index (χ0) is 20.1. The Labute approximate surface area is 164 Å². The summed E-state index contributed by atoms with van der Waals surface area (Å²) in [5.41, 5.74) is 0.245. The molecule has 1 aromatic rings. The Morgan fingerprint density at radius 1 is 1.14 bits per heavy atom. The van der Waals surface area contributed by atoms with E-state index in [-0.39, 0.29) is 35.1 Å². The fourth-order valence-electron chi connectivity index (χ4n) is 3.91. The molecule has 1 saturated carbocycles. The second kappa shape index (κ2) is 8.86. The van der Waals surface area contributed by atoms with Gasteiger partial charge >= 0.3 is 5.97 Å². The molecule has 1 aromatic carbocycles. The Morgan fingerprint density at radius 3 is 2.50 bits per heavy atom.